The number of hydrogen-bond donors (Lipinski definition) is 0. The lowest BCUT2D eigenvalue weighted by atomic mass is 9.99. The van der Waals surface area contributed by atoms with E-state index < -0.39 is 0 Å². The van der Waals surface area contributed by atoms with Crippen LogP contribution in [-0.4, -0.2) is 46.6 Å². The first-order valence-corrected chi connectivity index (χ1v) is 12.1. The number of rotatable bonds is 4. The molecule has 0 radical (unpaired) electrons. The molecule has 32 heavy (non-hydrogen) atoms. The van der Waals surface area contributed by atoms with Crippen LogP contribution in [0.25, 0.3) is 11.8 Å². The Hall–Kier alpha value is -2.76. The largest absolute Gasteiger partial charge is 0.495 e. The summed E-state index contributed by atoms with van der Waals surface area (Å²) in [5, 5.41) is 4.52. The second-order valence-electron chi connectivity index (χ2n) is 7.45. The third-order valence-electron chi connectivity index (χ3n) is 5.46. The van der Waals surface area contributed by atoms with Crippen molar-refractivity contribution in [1.82, 2.24) is 14.5 Å². The van der Waals surface area contributed by atoms with Gasteiger partial charge >= 0.3 is 0 Å². The summed E-state index contributed by atoms with van der Waals surface area (Å²) >= 11 is 0. The van der Waals surface area contributed by atoms with E-state index in [1.165, 1.54) is 5.57 Å². The normalized spacial score (nSPS) is 18.7. The highest BCUT2D eigenvalue weighted by atomic mass is 16.6. The number of ether oxygens (including phenoxy) is 1. The van der Waals surface area contributed by atoms with Crippen LogP contribution in [-0.2, 0) is 4.84 Å². The number of piperidine rings is 1. The van der Waals surface area contributed by atoms with Crippen LogP contribution in [0.4, 0.5) is 0 Å². The highest BCUT2D eigenvalue weighted by Gasteiger charge is 2.26. The number of hydrogen-bond acceptors (Lipinski definition) is 5. The third-order valence-corrected chi connectivity index (χ3v) is 5.46. The lowest BCUT2D eigenvalue weighted by molar-refractivity contribution is 0.0556. The molecule has 1 aromatic carbocycles. The molecule has 0 amide bonds. The van der Waals surface area contributed by atoms with E-state index in [0.29, 0.717) is 0 Å². The second-order valence-corrected chi connectivity index (χ2v) is 7.45. The van der Waals surface area contributed by atoms with Gasteiger partial charge in [-0.2, -0.15) is 0 Å². The summed E-state index contributed by atoms with van der Waals surface area (Å²) in [4.78, 5) is 12.5. The predicted octanol–water partition coefficient (Wildman–Crippen LogP) is 6.23. The quantitative estimate of drug-likeness (QED) is 0.565. The number of aryl methyl sites for hydroxylation is 1. The van der Waals surface area contributed by atoms with Crippen LogP contribution in [0, 0.1) is 6.92 Å². The molecule has 6 heteroatoms. The maximum atomic E-state index is 5.78. The fraction of sp³-hybridized carbons (Fsp3) is 0.538. The zero-order chi connectivity index (χ0) is 23.5. The third kappa shape index (κ3) is 6.15. The molecule has 0 N–H and O–H groups in total. The number of aromatic nitrogens is 2. The highest BCUT2D eigenvalue weighted by Crippen LogP contribution is 2.28. The molecule has 0 bridgehead atoms. The number of amidine groups is 1. The van der Waals surface area contributed by atoms with Crippen molar-refractivity contribution in [1.29, 1.82) is 0 Å². The molecule has 0 aliphatic carbocycles. The molecule has 2 aliphatic rings. The molecule has 1 aromatic heterocycles. The Morgan fingerprint density at radius 3 is 2.62 bits per heavy atom. The standard InChI is InChI=1S/C22H28N4O2.2C2H6/c1-4-19-9-11-25-10-5-6-18(22(25)24-28-19)12-17-7-8-20(21(13-17)27-3)26-14-16(2)23-15-26;2*1-2/h7-8,12-15,19H,4-6,9-11H2,1-3H3;2*1-2H3/b18-12+;;/t19-;;/m1../s1. The fourth-order valence-electron chi connectivity index (χ4n) is 3.86. The van der Waals surface area contributed by atoms with Gasteiger partial charge in [-0.15, -0.1) is 0 Å². The lowest BCUT2D eigenvalue weighted by Crippen LogP contribution is -2.37. The molecule has 1 saturated heterocycles. The maximum Gasteiger partial charge on any atom is 0.171 e. The molecule has 176 valence electrons. The van der Waals surface area contributed by atoms with Crippen LogP contribution in [0.3, 0.4) is 0 Å². The van der Waals surface area contributed by atoms with Crippen LogP contribution < -0.4 is 4.74 Å². The summed E-state index contributed by atoms with van der Waals surface area (Å²) in [6.07, 6.45) is 10.4. The van der Waals surface area contributed by atoms with Gasteiger partial charge in [0.15, 0.2) is 5.84 Å². The molecule has 0 saturated carbocycles. The van der Waals surface area contributed by atoms with Crippen molar-refractivity contribution in [2.45, 2.75) is 73.3 Å². The maximum absolute atomic E-state index is 5.78. The summed E-state index contributed by atoms with van der Waals surface area (Å²) in [5.41, 5.74) is 4.30. The van der Waals surface area contributed by atoms with E-state index in [4.69, 9.17) is 9.57 Å². The molecule has 2 aliphatic heterocycles. The van der Waals surface area contributed by atoms with E-state index in [1.54, 1.807) is 7.11 Å². The zero-order valence-corrected chi connectivity index (χ0v) is 20.9. The van der Waals surface area contributed by atoms with Gasteiger partial charge in [-0.25, -0.2) is 4.98 Å². The monoisotopic (exact) mass is 440 g/mol. The van der Waals surface area contributed by atoms with E-state index in [0.717, 1.165) is 67.3 Å². The van der Waals surface area contributed by atoms with Gasteiger partial charge in [0.25, 0.3) is 0 Å². The molecule has 0 unspecified atom stereocenters. The second kappa shape index (κ2) is 12.9. The number of fused-ring (bicyclic) bond motifs is 1. The topological polar surface area (TPSA) is 51.9 Å². The van der Waals surface area contributed by atoms with Crippen LogP contribution in [0.2, 0.25) is 0 Å². The summed E-state index contributed by atoms with van der Waals surface area (Å²) in [5.74, 6) is 1.82. The first kappa shape index (κ1) is 25.5. The van der Waals surface area contributed by atoms with Gasteiger partial charge in [0.2, 0.25) is 0 Å². The molecule has 1 atom stereocenters. The van der Waals surface area contributed by atoms with E-state index in [2.05, 4.69) is 46.2 Å². The minimum absolute atomic E-state index is 0.220. The van der Waals surface area contributed by atoms with Crippen molar-refractivity contribution in [3.8, 4) is 11.4 Å². The molecular weight excluding hydrogens is 400 g/mol. The minimum atomic E-state index is 0.220. The van der Waals surface area contributed by atoms with Gasteiger partial charge < -0.3 is 19.0 Å². The van der Waals surface area contributed by atoms with E-state index in [1.807, 2.05) is 51.7 Å². The Labute approximate surface area is 193 Å². The highest BCUT2D eigenvalue weighted by molar-refractivity contribution is 6.02. The van der Waals surface area contributed by atoms with E-state index >= 15 is 0 Å². The van der Waals surface area contributed by atoms with Crippen molar-refractivity contribution in [2.75, 3.05) is 20.2 Å². The number of methoxy groups -OCH3 is 1. The zero-order valence-electron chi connectivity index (χ0n) is 20.9. The SMILES string of the molecule is CC.CC.CC[C@@H]1CCN2CCC/C(=C\c3ccc(-n4cnc(C)c4)c(OC)c3)C2=NO1. The number of benzene rings is 1. The van der Waals surface area contributed by atoms with Gasteiger partial charge in [0.1, 0.15) is 11.9 Å². The molecule has 0 spiro atoms. The Morgan fingerprint density at radius 2 is 1.97 bits per heavy atom. The molecule has 3 heterocycles. The Morgan fingerprint density at radius 1 is 1.19 bits per heavy atom. The van der Waals surface area contributed by atoms with Crippen molar-refractivity contribution in [2.24, 2.45) is 5.16 Å². The average Bonchev–Trinajstić information content (AvgIpc) is 3.16. The van der Waals surface area contributed by atoms with Crippen LogP contribution >= 0.6 is 0 Å². The minimum Gasteiger partial charge on any atom is -0.495 e. The van der Waals surface area contributed by atoms with Crippen LogP contribution in [0.15, 0.2) is 41.5 Å². The lowest BCUT2D eigenvalue weighted by Gasteiger charge is -2.29. The molecule has 2 aromatic rings. The van der Waals surface area contributed by atoms with Gasteiger partial charge in [0, 0.05) is 25.7 Å². The predicted molar refractivity (Wildman–Crippen MR) is 134 cm³/mol. The van der Waals surface area contributed by atoms with Crippen molar-refractivity contribution >= 4 is 11.9 Å². The van der Waals surface area contributed by atoms with Gasteiger partial charge in [0.05, 0.1) is 24.8 Å². The van der Waals surface area contributed by atoms with Crippen LogP contribution in [0.1, 0.15) is 71.6 Å². The number of nitrogens with zero attached hydrogens (tertiary/aromatic N) is 4. The fourth-order valence-corrected chi connectivity index (χ4v) is 3.86. The summed E-state index contributed by atoms with van der Waals surface area (Å²) < 4.78 is 7.64. The Balaban J connectivity index is 0.000000860. The Bertz CT molecular complexity index is 901. The van der Waals surface area contributed by atoms with Gasteiger partial charge in [-0.1, -0.05) is 45.8 Å². The first-order chi connectivity index (χ1) is 15.7. The number of imidazole rings is 1. The molecule has 4 rings (SSSR count). The van der Waals surface area contributed by atoms with Crippen molar-refractivity contribution in [3.63, 3.8) is 0 Å². The Kier molecular flexibility index (Phi) is 10.3. The van der Waals surface area contributed by atoms with Gasteiger partial charge in [-0.05, 0) is 55.5 Å². The smallest absolute Gasteiger partial charge is 0.171 e. The first-order valence-electron chi connectivity index (χ1n) is 12.1. The van der Waals surface area contributed by atoms with Gasteiger partial charge in [-0.3, -0.25) is 0 Å². The number of oxime groups is 1. The summed E-state index contributed by atoms with van der Waals surface area (Å²) in [6, 6.07) is 6.27. The summed E-state index contributed by atoms with van der Waals surface area (Å²) in [6.45, 7) is 14.2. The molecule has 1 fully saturated rings. The van der Waals surface area contributed by atoms with Crippen LogP contribution in [0.5, 0.6) is 5.75 Å². The molecular formula is C26H40N4O2. The van der Waals surface area contributed by atoms with E-state index in [-0.39, 0.29) is 6.10 Å². The summed E-state index contributed by atoms with van der Waals surface area (Å²) in [7, 11) is 1.70. The van der Waals surface area contributed by atoms with E-state index in [9.17, 15) is 0 Å². The van der Waals surface area contributed by atoms with Crippen molar-refractivity contribution < 1.29 is 9.57 Å². The average molecular weight is 441 g/mol. The van der Waals surface area contributed by atoms with Crippen molar-refractivity contribution in [3.05, 3.63) is 47.6 Å². The molecule has 6 nitrogen and oxygen atoms in total.